The number of aliphatic carboxylic acids is 2. The van der Waals surface area contributed by atoms with Crippen molar-refractivity contribution in [2.45, 2.75) is 63.9 Å². The van der Waals surface area contributed by atoms with Crippen LogP contribution in [0.15, 0.2) is 0 Å². The lowest BCUT2D eigenvalue weighted by Crippen LogP contribution is -2.61. The Labute approximate surface area is 173 Å². The van der Waals surface area contributed by atoms with Crippen LogP contribution in [0.25, 0.3) is 0 Å². The average molecular weight is 434 g/mol. The molecule has 3 amide bonds. The maximum absolute atomic E-state index is 12.6. The molecule has 0 radical (unpaired) electrons. The predicted octanol–water partition coefficient (Wildman–Crippen LogP) is -3.25. The molecule has 0 aromatic rings. The second-order valence-electron chi connectivity index (χ2n) is 6.88. The molecule has 172 valence electrons. The van der Waals surface area contributed by atoms with Gasteiger partial charge in [-0.05, 0) is 12.8 Å². The predicted molar refractivity (Wildman–Crippen MR) is 102 cm³/mol. The van der Waals surface area contributed by atoms with Gasteiger partial charge in [0.2, 0.25) is 17.7 Å². The first-order valence-electron chi connectivity index (χ1n) is 9.25. The lowest BCUT2D eigenvalue weighted by Gasteiger charge is -2.28. The number of carbonyl (C=O) groups excluding carboxylic acids is 3. The fraction of sp³-hybridized carbons (Fsp3) is 0.706. The van der Waals surface area contributed by atoms with Crippen molar-refractivity contribution in [1.29, 1.82) is 0 Å². The van der Waals surface area contributed by atoms with E-state index < -0.39 is 78.9 Å². The van der Waals surface area contributed by atoms with Crippen molar-refractivity contribution in [1.82, 2.24) is 16.0 Å². The molecule has 30 heavy (non-hydrogen) atoms. The number of aliphatic hydroxyl groups is 2. The topological polar surface area (TPSA) is 228 Å². The van der Waals surface area contributed by atoms with Gasteiger partial charge in [-0.3, -0.25) is 19.2 Å². The molecular weight excluding hydrogens is 404 g/mol. The number of hydrogen-bond acceptors (Lipinski definition) is 8. The van der Waals surface area contributed by atoms with Gasteiger partial charge in [0.05, 0.1) is 25.2 Å². The van der Waals surface area contributed by atoms with Gasteiger partial charge in [0.15, 0.2) is 0 Å². The van der Waals surface area contributed by atoms with Crippen molar-refractivity contribution in [2.75, 3.05) is 6.61 Å². The summed E-state index contributed by atoms with van der Waals surface area (Å²) in [6.07, 6.45) is -1.71. The Hall–Kier alpha value is -2.77. The van der Waals surface area contributed by atoms with Gasteiger partial charge in [0.1, 0.15) is 18.1 Å². The molecule has 13 nitrogen and oxygen atoms in total. The summed E-state index contributed by atoms with van der Waals surface area (Å²) < 4.78 is 0. The third-order valence-electron chi connectivity index (χ3n) is 4.38. The maximum atomic E-state index is 12.6. The normalized spacial score (nSPS) is 16.9. The number of hydrogen-bond donors (Lipinski definition) is 8. The van der Waals surface area contributed by atoms with Gasteiger partial charge in [-0.15, -0.1) is 0 Å². The molecule has 0 aliphatic rings. The number of carboxylic acids is 2. The highest BCUT2D eigenvalue weighted by Gasteiger charge is 2.34. The van der Waals surface area contributed by atoms with Gasteiger partial charge in [-0.1, -0.05) is 20.3 Å². The molecule has 0 bridgehead atoms. The molecule has 0 saturated carbocycles. The quantitative estimate of drug-likeness (QED) is 0.144. The van der Waals surface area contributed by atoms with Gasteiger partial charge < -0.3 is 42.1 Å². The van der Waals surface area contributed by atoms with E-state index in [1.807, 2.05) is 0 Å². The molecule has 0 aliphatic heterocycles. The Bertz CT molecular complexity index is 641. The summed E-state index contributed by atoms with van der Waals surface area (Å²) in [6, 6.07) is -5.83. The van der Waals surface area contributed by atoms with E-state index in [-0.39, 0.29) is 0 Å². The van der Waals surface area contributed by atoms with E-state index in [0.717, 1.165) is 0 Å². The molecule has 0 aromatic carbocycles. The minimum absolute atomic E-state index is 0.407. The second kappa shape index (κ2) is 12.7. The van der Waals surface area contributed by atoms with Crippen molar-refractivity contribution in [2.24, 2.45) is 11.7 Å². The van der Waals surface area contributed by atoms with Gasteiger partial charge >= 0.3 is 11.9 Å². The largest absolute Gasteiger partial charge is 0.481 e. The molecule has 0 aliphatic carbocycles. The average Bonchev–Trinajstić information content (AvgIpc) is 2.65. The minimum atomic E-state index is -1.58. The van der Waals surface area contributed by atoms with Gasteiger partial charge in [0.25, 0.3) is 0 Å². The molecule has 0 spiro atoms. The standard InChI is InChI=1S/C17H30N4O9/c1-4-7(2)12(15(27)19-10(6-22)17(29)30)20-16(28)13(8(3)23)21-14(26)9(18)5-11(24)25/h7-10,12-13,22-23H,4-6,18H2,1-3H3,(H,19,27)(H,20,28)(H,21,26)(H,24,25)(H,29,30). The fourth-order valence-corrected chi connectivity index (χ4v) is 2.34. The van der Waals surface area contributed by atoms with Gasteiger partial charge in [-0.2, -0.15) is 0 Å². The molecular formula is C17H30N4O9. The number of rotatable bonds is 13. The first-order valence-corrected chi connectivity index (χ1v) is 9.25. The Balaban J connectivity index is 5.41. The molecule has 0 aromatic heterocycles. The zero-order valence-corrected chi connectivity index (χ0v) is 17.0. The molecule has 9 N–H and O–H groups in total. The number of amides is 3. The molecule has 0 heterocycles. The van der Waals surface area contributed by atoms with Gasteiger partial charge in [-0.25, -0.2) is 4.79 Å². The molecule has 0 fully saturated rings. The number of carbonyl (C=O) groups is 5. The summed E-state index contributed by atoms with van der Waals surface area (Å²) in [5, 5.41) is 43.1. The second-order valence-corrected chi connectivity index (χ2v) is 6.88. The highest BCUT2D eigenvalue weighted by Crippen LogP contribution is 2.09. The zero-order valence-electron chi connectivity index (χ0n) is 17.0. The van der Waals surface area contributed by atoms with E-state index >= 15 is 0 Å². The third kappa shape index (κ3) is 8.71. The monoisotopic (exact) mass is 434 g/mol. The van der Waals surface area contributed by atoms with E-state index in [9.17, 15) is 29.1 Å². The number of carboxylic acid groups (broad SMARTS) is 2. The summed E-state index contributed by atoms with van der Waals surface area (Å²) in [6.45, 7) is 3.66. The summed E-state index contributed by atoms with van der Waals surface area (Å²) in [7, 11) is 0. The third-order valence-corrected chi connectivity index (χ3v) is 4.38. The Kier molecular flexibility index (Phi) is 11.5. The van der Waals surface area contributed by atoms with Crippen LogP contribution in [-0.4, -0.2) is 87.0 Å². The van der Waals surface area contributed by atoms with Crippen molar-refractivity contribution < 1.29 is 44.4 Å². The SMILES string of the molecule is CCC(C)C(NC(=O)C(NC(=O)C(N)CC(=O)O)C(C)O)C(=O)NC(CO)C(=O)O. The van der Waals surface area contributed by atoms with E-state index in [0.29, 0.717) is 6.42 Å². The Morgan fingerprint density at radius 3 is 1.80 bits per heavy atom. The van der Waals surface area contributed by atoms with E-state index in [4.69, 9.17) is 21.1 Å². The van der Waals surface area contributed by atoms with Crippen LogP contribution in [0.3, 0.4) is 0 Å². The van der Waals surface area contributed by atoms with E-state index in [1.165, 1.54) is 6.92 Å². The zero-order chi connectivity index (χ0) is 23.6. The molecule has 13 heteroatoms. The first-order chi connectivity index (χ1) is 13.8. The minimum Gasteiger partial charge on any atom is -0.481 e. The molecule has 0 rings (SSSR count). The Morgan fingerprint density at radius 2 is 1.40 bits per heavy atom. The Morgan fingerprint density at radius 1 is 0.900 bits per heavy atom. The molecule has 0 saturated heterocycles. The van der Waals surface area contributed by atoms with Crippen LogP contribution in [0.5, 0.6) is 0 Å². The van der Waals surface area contributed by atoms with Crippen LogP contribution in [0.4, 0.5) is 0 Å². The van der Waals surface area contributed by atoms with Gasteiger partial charge in [0, 0.05) is 0 Å². The van der Waals surface area contributed by atoms with Crippen LogP contribution < -0.4 is 21.7 Å². The summed E-state index contributed by atoms with van der Waals surface area (Å²) in [4.78, 5) is 58.7. The number of nitrogens with one attached hydrogen (secondary N) is 3. The fourth-order valence-electron chi connectivity index (χ4n) is 2.34. The summed E-state index contributed by atoms with van der Waals surface area (Å²) in [5.74, 6) is -6.10. The van der Waals surface area contributed by atoms with Crippen LogP contribution in [0, 0.1) is 5.92 Å². The van der Waals surface area contributed by atoms with Crippen molar-refractivity contribution >= 4 is 29.7 Å². The molecule has 6 atom stereocenters. The lowest BCUT2D eigenvalue weighted by molar-refractivity contribution is -0.143. The van der Waals surface area contributed by atoms with E-state index in [2.05, 4.69) is 16.0 Å². The van der Waals surface area contributed by atoms with Crippen LogP contribution in [-0.2, 0) is 24.0 Å². The lowest BCUT2D eigenvalue weighted by atomic mass is 9.97. The van der Waals surface area contributed by atoms with Crippen molar-refractivity contribution in [3.63, 3.8) is 0 Å². The van der Waals surface area contributed by atoms with Crippen LogP contribution in [0.1, 0.15) is 33.6 Å². The first kappa shape index (κ1) is 27.2. The van der Waals surface area contributed by atoms with Crippen LogP contribution >= 0.6 is 0 Å². The van der Waals surface area contributed by atoms with Crippen molar-refractivity contribution in [3.05, 3.63) is 0 Å². The molecule has 6 unspecified atom stereocenters. The summed E-state index contributed by atoms with van der Waals surface area (Å²) in [5.41, 5.74) is 5.43. The summed E-state index contributed by atoms with van der Waals surface area (Å²) >= 11 is 0. The number of nitrogens with two attached hydrogens (primary N) is 1. The smallest absolute Gasteiger partial charge is 0.328 e. The number of aliphatic hydroxyl groups excluding tert-OH is 2. The maximum Gasteiger partial charge on any atom is 0.328 e. The highest BCUT2D eigenvalue weighted by atomic mass is 16.4. The van der Waals surface area contributed by atoms with E-state index in [1.54, 1.807) is 13.8 Å². The van der Waals surface area contributed by atoms with Crippen LogP contribution in [0.2, 0.25) is 0 Å². The highest BCUT2D eigenvalue weighted by molar-refractivity contribution is 5.95. The van der Waals surface area contributed by atoms with Crippen molar-refractivity contribution in [3.8, 4) is 0 Å².